The molecule has 9 heavy (non-hydrogen) atoms. The van der Waals surface area contributed by atoms with Crippen LogP contribution < -0.4 is 0 Å². The van der Waals surface area contributed by atoms with E-state index in [1.807, 2.05) is 6.21 Å². The van der Waals surface area contributed by atoms with Crippen LogP contribution in [0.2, 0.25) is 0 Å². The van der Waals surface area contributed by atoms with Gasteiger partial charge < -0.3 is 0 Å². The van der Waals surface area contributed by atoms with Gasteiger partial charge in [0.25, 0.3) is 0 Å². The highest BCUT2D eigenvalue weighted by atomic mass is 14.6. The molecule has 0 aromatic rings. The largest absolute Gasteiger partial charge is 0.269 e. The van der Waals surface area contributed by atoms with Crippen molar-refractivity contribution in [1.29, 1.82) is 0 Å². The van der Waals surface area contributed by atoms with E-state index in [0.29, 0.717) is 0 Å². The first-order valence-electron chi connectivity index (χ1n) is 3.03. The zero-order chi connectivity index (χ0) is 7.11. The van der Waals surface area contributed by atoms with Crippen LogP contribution in [-0.2, 0) is 0 Å². The normalized spacial score (nSPS) is 9.56. The Labute approximate surface area is 56.8 Å². The third-order valence-electron chi connectivity index (χ3n) is 0.842. The van der Waals surface area contributed by atoms with Gasteiger partial charge in [-0.1, -0.05) is 18.2 Å². The maximum absolute atomic E-state index is 3.84. The minimum Gasteiger partial charge on any atom is -0.269 e. The molecule has 0 aromatic carbocycles. The van der Waals surface area contributed by atoms with Crippen molar-refractivity contribution in [2.24, 2.45) is 4.99 Å². The molecule has 0 rings (SSSR count). The van der Waals surface area contributed by atoms with E-state index in [1.54, 1.807) is 6.20 Å². The monoisotopic (exact) mass is 123 g/mol. The van der Waals surface area contributed by atoms with Crippen LogP contribution in [0.1, 0.15) is 20.3 Å². The van der Waals surface area contributed by atoms with Crippen molar-refractivity contribution in [2.45, 2.75) is 20.3 Å². The zero-order valence-corrected chi connectivity index (χ0v) is 6.09. The molecular weight excluding hydrogens is 110 g/mol. The average molecular weight is 123 g/mol. The molecule has 0 unspecified atom stereocenters. The molecule has 0 heterocycles. The lowest BCUT2D eigenvalue weighted by Gasteiger charge is -1.83. The van der Waals surface area contributed by atoms with Gasteiger partial charge in [0.1, 0.15) is 0 Å². The summed E-state index contributed by atoms with van der Waals surface area (Å²) in [5, 5.41) is 0. The fourth-order valence-electron chi connectivity index (χ4n) is 0.424. The molecule has 0 saturated heterocycles. The van der Waals surface area contributed by atoms with Gasteiger partial charge in [-0.05, 0) is 13.8 Å². The van der Waals surface area contributed by atoms with Crippen molar-refractivity contribution < 1.29 is 0 Å². The molecule has 0 spiro atoms. The Morgan fingerprint density at radius 1 is 1.56 bits per heavy atom. The molecule has 0 bridgehead atoms. The average Bonchev–Trinajstić information content (AvgIpc) is 1.80. The van der Waals surface area contributed by atoms with Gasteiger partial charge in [0, 0.05) is 18.8 Å². The van der Waals surface area contributed by atoms with Crippen LogP contribution in [-0.4, -0.2) is 6.21 Å². The molecule has 0 aromatic heterocycles. The van der Waals surface area contributed by atoms with Gasteiger partial charge in [-0.2, -0.15) is 0 Å². The Bertz CT molecular complexity index is 128. The minimum absolute atomic E-state index is 0.911. The molecular formula is C8H13N. The highest BCUT2D eigenvalue weighted by molar-refractivity contribution is 5.60. The fraction of sp³-hybridized carbons (Fsp3) is 0.375. The first-order valence-corrected chi connectivity index (χ1v) is 3.03. The Balaban J connectivity index is 3.40. The number of aliphatic imine (C=N–C) groups is 1. The summed E-state index contributed by atoms with van der Waals surface area (Å²) in [6, 6.07) is 0. The Kier molecular flexibility index (Phi) is 4.79. The molecule has 0 aliphatic carbocycles. The maximum Gasteiger partial charge on any atom is 0.0192 e. The van der Waals surface area contributed by atoms with E-state index in [9.17, 15) is 0 Å². The van der Waals surface area contributed by atoms with Crippen molar-refractivity contribution in [3.63, 3.8) is 0 Å². The fourth-order valence-corrected chi connectivity index (χ4v) is 0.424. The lowest BCUT2D eigenvalue weighted by Crippen LogP contribution is -1.69. The number of allylic oxidation sites excluding steroid dienone is 2. The van der Waals surface area contributed by atoms with Crippen LogP contribution in [0, 0.1) is 0 Å². The standard InChI is InChI=1S/C8H13N/c1-4-9-7-5-6-8(2)3/h4,6-7H,1,5H2,2-3H3. The van der Waals surface area contributed by atoms with Crippen molar-refractivity contribution in [1.82, 2.24) is 0 Å². The first-order chi connectivity index (χ1) is 4.27. The first kappa shape index (κ1) is 8.15. The molecule has 0 fully saturated rings. The van der Waals surface area contributed by atoms with Gasteiger partial charge in [0.05, 0.1) is 0 Å². The second kappa shape index (κ2) is 5.29. The second-order valence-electron chi connectivity index (χ2n) is 2.03. The van der Waals surface area contributed by atoms with Gasteiger partial charge in [-0.3, -0.25) is 4.99 Å². The van der Waals surface area contributed by atoms with E-state index in [1.165, 1.54) is 5.57 Å². The van der Waals surface area contributed by atoms with Crippen LogP contribution in [0.25, 0.3) is 0 Å². The van der Waals surface area contributed by atoms with Gasteiger partial charge in [-0.25, -0.2) is 0 Å². The summed E-state index contributed by atoms with van der Waals surface area (Å²) in [7, 11) is 0. The highest BCUT2D eigenvalue weighted by Crippen LogP contribution is 1.89. The molecule has 0 radical (unpaired) electrons. The minimum atomic E-state index is 0.911. The topological polar surface area (TPSA) is 12.4 Å². The summed E-state index contributed by atoms with van der Waals surface area (Å²) < 4.78 is 0. The third-order valence-corrected chi connectivity index (χ3v) is 0.842. The molecule has 50 valence electrons. The van der Waals surface area contributed by atoms with Gasteiger partial charge in [0.2, 0.25) is 0 Å². The summed E-state index contributed by atoms with van der Waals surface area (Å²) in [4.78, 5) is 3.84. The van der Waals surface area contributed by atoms with Crippen molar-refractivity contribution >= 4 is 6.21 Å². The molecule has 0 aliphatic heterocycles. The predicted molar refractivity (Wildman–Crippen MR) is 42.7 cm³/mol. The van der Waals surface area contributed by atoms with Crippen LogP contribution in [0.5, 0.6) is 0 Å². The van der Waals surface area contributed by atoms with E-state index in [-0.39, 0.29) is 0 Å². The van der Waals surface area contributed by atoms with E-state index in [2.05, 4.69) is 31.5 Å². The molecule has 0 N–H and O–H groups in total. The highest BCUT2D eigenvalue weighted by Gasteiger charge is 1.72. The van der Waals surface area contributed by atoms with E-state index >= 15 is 0 Å². The lowest BCUT2D eigenvalue weighted by molar-refractivity contribution is 1.32. The van der Waals surface area contributed by atoms with Crippen LogP contribution >= 0.6 is 0 Å². The van der Waals surface area contributed by atoms with Crippen LogP contribution in [0.3, 0.4) is 0 Å². The smallest absolute Gasteiger partial charge is 0.0192 e. The van der Waals surface area contributed by atoms with Crippen molar-refractivity contribution in [2.75, 3.05) is 0 Å². The Morgan fingerprint density at radius 3 is 2.67 bits per heavy atom. The van der Waals surface area contributed by atoms with Gasteiger partial charge in [-0.15, -0.1) is 0 Å². The molecule has 0 amide bonds. The molecule has 0 atom stereocenters. The maximum atomic E-state index is 3.84. The molecule has 1 heteroatoms. The molecule has 1 nitrogen and oxygen atoms in total. The quantitative estimate of drug-likeness (QED) is 0.404. The SMILES string of the molecule is C=CN=CCC=C(C)C. The van der Waals surface area contributed by atoms with Crippen LogP contribution in [0.4, 0.5) is 0 Å². The van der Waals surface area contributed by atoms with E-state index in [0.717, 1.165) is 6.42 Å². The van der Waals surface area contributed by atoms with Crippen molar-refractivity contribution in [3.05, 3.63) is 24.4 Å². The summed E-state index contributed by atoms with van der Waals surface area (Å²) in [5.41, 5.74) is 1.32. The number of hydrogen-bond acceptors (Lipinski definition) is 1. The van der Waals surface area contributed by atoms with Gasteiger partial charge in [0.15, 0.2) is 0 Å². The summed E-state index contributed by atoms with van der Waals surface area (Å²) in [6.07, 6.45) is 6.40. The summed E-state index contributed by atoms with van der Waals surface area (Å²) >= 11 is 0. The predicted octanol–water partition coefficient (Wildman–Crippen LogP) is 2.56. The number of rotatable bonds is 3. The number of hydrogen-bond donors (Lipinski definition) is 0. The van der Waals surface area contributed by atoms with Crippen molar-refractivity contribution in [3.8, 4) is 0 Å². The molecule has 0 saturated carbocycles. The van der Waals surface area contributed by atoms with E-state index in [4.69, 9.17) is 0 Å². The number of nitrogens with zero attached hydrogens (tertiary/aromatic N) is 1. The summed E-state index contributed by atoms with van der Waals surface area (Å²) in [6.45, 7) is 7.60. The summed E-state index contributed by atoms with van der Waals surface area (Å²) in [5.74, 6) is 0. The molecule has 0 aliphatic rings. The van der Waals surface area contributed by atoms with Gasteiger partial charge >= 0.3 is 0 Å². The Morgan fingerprint density at radius 2 is 2.22 bits per heavy atom. The van der Waals surface area contributed by atoms with Crippen LogP contribution in [0.15, 0.2) is 29.4 Å². The third kappa shape index (κ3) is 7.15. The lowest BCUT2D eigenvalue weighted by atomic mass is 10.3. The van der Waals surface area contributed by atoms with E-state index < -0.39 is 0 Å². The second-order valence-corrected chi connectivity index (χ2v) is 2.03. The zero-order valence-electron chi connectivity index (χ0n) is 6.09. The Hall–Kier alpha value is -0.850.